The van der Waals surface area contributed by atoms with Gasteiger partial charge in [-0.25, -0.2) is 13.1 Å². The van der Waals surface area contributed by atoms with E-state index in [2.05, 4.69) is 27.9 Å². The molecule has 1 unspecified atom stereocenters. The van der Waals surface area contributed by atoms with Crippen LogP contribution in [0.15, 0.2) is 47.4 Å². The van der Waals surface area contributed by atoms with E-state index in [9.17, 15) is 13.2 Å². The van der Waals surface area contributed by atoms with E-state index in [1.807, 2.05) is 25.1 Å². The Morgan fingerprint density at radius 3 is 2.58 bits per heavy atom. The Labute approximate surface area is 186 Å². The lowest BCUT2D eigenvalue weighted by Crippen LogP contribution is -2.37. The maximum absolute atomic E-state index is 12.9. The monoisotopic (exact) mass is 443 g/mol. The molecule has 2 aromatic carbocycles. The number of hydrogen-bond acceptors (Lipinski definition) is 4. The summed E-state index contributed by atoms with van der Waals surface area (Å²) < 4.78 is 27.1. The zero-order chi connectivity index (χ0) is 22.4. The molecular weight excluding hydrogens is 410 g/mol. The summed E-state index contributed by atoms with van der Waals surface area (Å²) in [5.41, 5.74) is 3.42. The quantitative estimate of drug-likeness (QED) is 0.653. The van der Waals surface area contributed by atoms with Crippen molar-refractivity contribution >= 4 is 15.9 Å². The number of piperidine rings is 1. The molecule has 168 valence electrons. The summed E-state index contributed by atoms with van der Waals surface area (Å²) in [5, 5.41) is 2.98. The molecule has 1 saturated heterocycles. The van der Waals surface area contributed by atoms with E-state index in [1.165, 1.54) is 37.0 Å². The van der Waals surface area contributed by atoms with Crippen LogP contribution in [0.3, 0.4) is 0 Å². The second-order valence-electron chi connectivity index (χ2n) is 8.24. The van der Waals surface area contributed by atoms with E-state index in [0.717, 1.165) is 24.2 Å². The average molecular weight is 444 g/mol. The molecule has 1 aliphatic heterocycles. The zero-order valence-corrected chi connectivity index (χ0v) is 19.5. The predicted molar refractivity (Wildman–Crippen MR) is 123 cm³/mol. The molecule has 3 rings (SSSR count). The Kier molecular flexibility index (Phi) is 7.86. The zero-order valence-electron chi connectivity index (χ0n) is 18.6. The first-order valence-corrected chi connectivity index (χ1v) is 12.5. The van der Waals surface area contributed by atoms with Gasteiger partial charge in [-0.05, 0) is 62.1 Å². The fourth-order valence-electron chi connectivity index (χ4n) is 4.05. The largest absolute Gasteiger partial charge is 0.348 e. The molecule has 0 aliphatic carbocycles. The Hall–Kier alpha value is -2.22. The normalized spacial score (nSPS) is 17.5. The molecule has 1 atom stereocenters. The van der Waals surface area contributed by atoms with E-state index in [0.29, 0.717) is 24.7 Å². The highest BCUT2D eigenvalue weighted by atomic mass is 32.2. The van der Waals surface area contributed by atoms with E-state index in [1.54, 1.807) is 13.0 Å². The van der Waals surface area contributed by atoms with Crippen molar-refractivity contribution in [3.8, 4) is 0 Å². The highest BCUT2D eigenvalue weighted by Gasteiger charge is 2.20. The number of nitrogens with one attached hydrogen (secondary N) is 2. The topological polar surface area (TPSA) is 78.5 Å². The first kappa shape index (κ1) is 23.4. The van der Waals surface area contributed by atoms with Gasteiger partial charge in [-0.15, -0.1) is 0 Å². The van der Waals surface area contributed by atoms with Gasteiger partial charge >= 0.3 is 0 Å². The summed E-state index contributed by atoms with van der Waals surface area (Å²) in [4.78, 5) is 15.5. The first-order chi connectivity index (χ1) is 14.8. The summed E-state index contributed by atoms with van der Waals surface area (Å²) in [6.07, 6.45) is 3.75. The average Bonchev–Trinajstić information content (AvgIpc) is 2.74. The van der Waals surface area contributed by atoms with E-state index in [-0.39, 0.29) is 10.8 Å². The molecule has 0 spiro atoms. The number of carbonyl (C=O) groups is 1. The third kappa shape index (κ3) is 5.93. The second-order valence-corrected chi connectivity index (χ2v) is 10.0. The molecule has 2 N–H and O–H groups in total. The second kappa shape index (κ2) is 10.4. The van der Waals surface area contributed by atoms with Crippen molar-refractivity contribution in [1.29, 1.82) is 0 Å². The molecule has 7 heteroatoms. The summed E-state index contributed by atoms with van der Waals surface area (Å²) in [6, 6.07) is 13.4. The lowest BCUT2D eigenvalue weighted by Gasteiger charge is -2.33. The van der Waals surface area contributed by atoms with Gasteiger partial charge in [0.05, 0.1) is 4.90 Å². The molecule has 2 aromatic rings. The number of rotatable bonds is 8. The molecule has 0 bridgehead atoms. The summed E-state index contributed by atoms with van der Waals surface area (Å²) in [7, 11) is -3.61. The maximum atomic E-state index is 12.9. The van der Waals surface area contributed by atoms with E-state index in [4.69, 9.17) is 0 Å². The van der Waals surface area contributed by atoms with Gasteiger partial charge in [0.2, 0.25) is 10.0 Å². The van der Waals surface area contributed by atoms with Crippen LogP contribution in [0.4, 0.5) is 0 Å². The SMILES string of the molecule is CCNS(=O)(=O)c1ccc(C)c(C(=O)NCc2ccccc2CN2CCCCC2C)c1. The van der Waals surface area contributed by atoms with Crippen molar-refractivity contribution in [2.45, 2.75) is 64.1 Å². The molecule has 1 amide bonds. The van der Waals surface area contributed by atoms with Crippen LogP contribution in [0.25, 0.3) is 0 Å². The molecule has 0 radical (unpaired) electrons. The van der Waals surface area contributed by atoms with Gasteiger partial charge in [0.25, 0.3) is 5.91 Å². The summed E-state index contributed by atoms with van der Waals surface area (Å²) in [6.45, 7) is 8.49. The van der Waals surface area contributed by atoms with Crippen molar-refractivity contribution in [3.63, 3.8) is 0 Å². The third-order valence-corrected chi connectivity index (χ3v) is 7.51. The van der Waals surface area contributed by atoms with Gasteiger partial charge in [0, 0.05) is 31.2 Å². The lowest BCUT2D eigenvalue weighted by atomic mass is 10.0. The highest BCUT2D eigenvalue weighted by Crippen LogP contribution is 2.21. The number of sulfonamides is 1. The molecule has 1 heterocycles. The van der Waals surface area contributed by atoms with Gasteiger partial charge < -0.3 is 5.32 Å². The molecule has 1 aliphatic rings. The van der Waals surface area contributed by atoms with Crippen molar-refractivity contribution < 1.29 is 13.2 Å². The van der Waals surface area contributed by atoms with Gasteiger partial charge in [0.1, 0.15) is 0 Å². The van der Waals surface area contributed by atoms with Crippen LogP contribution in [0.5, 0.6) is 0 Å². The molecule has 0 aromatic heterocycles. The van der Waals surface area contributed by atoms with Crippen LogP contribution >= 0.6 is 0 Å². The maximum Gasteiger partial charge on any atom is 0.251 e. The minimum atomic E-state index is -3.61. The van der Waals surface area contributed by atoms with E-state index < -0.39 is 10.0 Å². The number of aryl methyl sites for hydroxylation is 1. The smallest absolute Gasteiger partial charge is 0.251 e. The third-order valence-electron chi connectivity index (χ3n) is 5.97. The first-order valence-electron chi connectivity index (χ1n) is 11.0. The van der Waals surface area contributed by atoms with Gasteiger partial charge in [-0.1, -0.05) is 43.7 Å². The van der Waals surface area contributed by atoms with Crippen LogP contribution in [-0.2, 0) is 23.1 Å². The lowest BCUT2D eigenvalue weighted by molar-refractivity contribution is 0.0949. The number of amides is 1. The number of nitrogens with zero attached hydrogens (tertiary/aromatic N) is 1. The van der Waals surface area contributed by atoms with Gasteiger partial charge in [0.15, 0.2) is 0 Å². The minimum Gasteiger partial charge on any atom is -0.348 e. The summed E-state index contributed by atoms with van der Waals surface area (Å²) in [5.74, 6) is -0.271. The van der Waals surface area contributed by atoms with Crippen LogP contribution in [0.2, 0.25) is 0 Å². The van der Waals surface area contributed by atoms with Crippen molar-refractivity contribution in [2.75, 3.05) is 13.1 Å². The number of hydrogen-bond donors (Lipinski definition) is 2. The Morgan fingerprint density at radius 2 is 1.87 bits per heavy atom. The fourth-order valence-corrected chi connectivity index (χ4v) is 5.12. The fraction of sp³-hybridized carbons (Fsp3) is 0.458. The number of carbonyl (C=O) groups excluding carboxylic acids is 1. The number of benzene rings is 2. The Morgan fingerprint density at radius 1 is 1.13 bits per heavy atom. The van der Waals surface area contributed by atoms with Crippen molar-refractivity contribution in [2.24, 2.45) is 0 Å². The highest BCUT2D eigenvalue weighted by molar-refractivity contribution is 7.89. The van der Waals surface area contributed by atoms with E-state index >= 15 is 0 Å². The Balaban J connectivity index is 1.73. The van der Waals surface area contributed by atoms with Crippen LogP contribution in [-0.4, -0.2) is 38.4 Å². The molecular formula is C24H33N3O3S. The van der Waals surface area contributed by atoms with Crippen LogP contribution in [0, 0.1) is 6.92 Å². The standard InChI is InChI=1S/C24H33N3O3S/c1-4-26-31(29,30)22-13-12-18(2)23(15-22)24(28)25-16-20-10-5-6-11-21(20)17-27-14-8-7-9-19(27)3/h5-6,10-13,15,19,26H,4,7-9,14,16-17H2,1-3H3,(H,25,28). The minimum absolute atomic E-state index is 0.101. The molecule has 6 nitrogen and oxygen atoms in total. The van der Waals surface area contributed by atoms with Crippen LogP contribution < -0.4 is 10.0 Å². The molecule has 0 saturated carbocycles. The van der Waals surface area contributed by atoms with Crippen molar-refractivity contribution in [3.05, 3.63) is 64.7 Å². The van der Waals surface area contributed by atoms with Crippen molar-refractivity contribution in [1.82, 2.24) is 14.9 Å². The molecule has 1 fully saturated rings. The van der Waals surface area contributed by atoms with Crippen LogP contribution in [0.1, 0.15) is 60.2 Å². The molecule has 31 heavy (non-hydrogen) atoms. The predicted octanol–water partition coefficient (Wildman–Crippen LogP) is 3.60. The van der Waals surface area contributed by atoms with Gasteiger partial charge in [-0.3, -0.25) is 9.69 Å². The summed E-state index contributed by atoms with van der Waals surface area (Å²) >= 11 is 0. The number of likely N-dealkylation sites (tertiary alicyclic amines) is 1. The Bertz CT molecular complexity index is 1020. The van der Waals surface area contributed by atoms with Gasteiger partial charge in [-0.2, -0.15) is 0 Å².